The third-order valence-electron chi connectivity index (χ3n) is 5.85. The fraction of sp³-hybridized carbons (Fsp3) is 0.583. The number of piperidine rings is 1. The number of nitrogens with zero attached hydrogens (tertiary/aromatic N) is 3. The Labute approximate surface area is 227 Å². The van der Waals surface area contributed by atoms with Crippen molar-refractivity contribution in [1.29, 1.82) is 0 Å². The van der Waals surface area contributed by atoms with E-state index >= 15 is 0 Å². The van der Waals surface area contributed by atoms with Crippen molar-refractivity contribution < 1.29 is 63.3 Å². The molecule has 0 bridgehead atoms. The number of ether oxygens (including phenoxy) is 2. The van der Waals surface area contributed by atoms with Gasteiger partial charge in [0, 0.05) is 37.8 Å². The zero-order chi connectivity index (χ0) is 24.9. The number of amides is 2. The van der Waals surface area contributed by atoms with E-state index in [1.807, 2.05) is 20.8 Å². The largest absolute Gasteiger partial charge is 1.00 e. The minimum atomic E-state index is -1.33. The maximum absolute atomic E-state index is 12.7. The summed E-state index contributed by atoms with van der Waals surface area (Å²) in [6.07, 6.45) is 1.25. The Morgan fingerprint density at radius 3 is 2.20 bits per heavy atom. The number of piperazine rings is 1. The van der Waals surface area contributed by atoms with E-state index in [0.29, 0.717) is 37.5 Å². The fourth-order valence-electron chi connectivity index (χ4n) is 4.09. The molecular weight excluding hydrogens is 465 g/mol. The van der Waals surface area contributed by atoms with Crippen LogP contribution in [0.1, 0.15) is 44.0 Å². The second-order valence-electron chi connectivity index (χ2n) is 9.59. The minimum Gasteiger partial charge on any atom is -0.546 e. The third kappa shape index (κ3) is 8.79. The van der Waals surface area contributed by atoms with Gasteiger partial charge in [0.2, 0.25) is 5.91 Å². The molecule has 0 atom stereocenters. The zero-order valence-electron chi connectivity index (χ0n) is 21.0. The third-order valence-corrected chi connectivity index (χ3v) is 5.85. The van der Waals surface area contributed by atoms with Gasteiger partial charge in [-0.3, -0.25) is 14.5 Å². The van der Waals surface area contributed by atoms with Crippen molar-refractivity contribution in [1.82, 2.24) is 14.7 Å². The molecule has 0 aromatic heterocycles. The van der Waals surface area contributed by atoms with Gasteiger partial charge >= 0.3 is 35.7 Å². The first-order valence-corrected chi connectivity index (χ1v) is 11.5. The average Bonchev–Trinajstić information content (AvgIpc) is 2.78. The van der Waals surface area contributed by atoms with Crippen LogP contribution in [0.4, 0.5) is 4.79 Å². The molecule has 0 unspecified atom stereocenters. The summed E-state index contributed by atoms with van der Waals surface area (Å²) >= 11 is 0. The molecule has 2 saturated heterocycles. The van der Waals surface area contributed by atoms with Crippen LogP contribution in [0.15, 0.2) is 24.3 Å². The molecular formula is C24H32N3NaO7. The number of carbonyl (C=O) groups excluding carboxylic acids is 4. The second kappa shape index (κ2) is 12.7. The minimum absolute atomic E-state index is 0. The number of carbonyl (C=O) groups is 4. The SMILES string of the molecule is CC(C)(C)OC(=O)N1CCC(N2CCN(CC(=O)c3ccc(OCC(=O)[O-])cc3)C(=O)C2)CC1.[Na+]. The van der Waals surface area contributed by atoms with Gasteiger partial charge in [0.05, 0.1) is 19.1 Å². The Morgan fingerprint density at radius 1 is 1.03 bits per heavy atom. The van der Waals surface area contributed by atoms with Crippen LogP contribution < -0.4 is 39.4 Å². The van der Waals surface area contributed by atoms with Gasteiger partial charge in [-0.25, -0.2) is 4.79 Å². The van der Waals surface area contributed by atoms with Crippen LogP contribution in [0, 0.1) is 0 Å². The Hall–Kier alpha value is -2.14. The fourth-order valence-corrected chi connectivity index (χ4v) is 4.09. The average molecular weight is 498 g/mol. The molecule has 0 N–H and O–H groups in total. The Morgan fingerprint density at radius 2 is 1.66 bits per heavy atom. The Balaban J connectivity index is 0.00000432. The topological polar surface area (TPSA) is 120 Å². The van der Waals surface area contributed by atoms with Crippen LogP contribution >= 0.6 is 0 Å². The number of carboxylic acids is 1. The van der Waals surface area contributed by atoms with Crippen molar-refractivity contribution >= 4 is 23.8 Å². The molecule has 0 spiro atoms. The molecule has 2 aliphatic heterocycles. The van der Waals surface area contributed by atoms with Crippen LogP contribution in [0.5, 0.6) is 5.75 Å². The standard InChI is InChI=1S/C24H33N3O7.Na/c1-24(2,3)34-23(32)25-10-8-18(9-11-25)26-12-13-27(21(29)15-26)14-20(28)17-4-6-19(7-5-17)33-16-22(30)31;/h4-7,18H,8-16H2,1-3H3,(H,30,31);/q;+1/p-1. The number of hydrogen-bond donors (Lipinski definition) is 0. The van der Waals surface area contributed by atoms with Crippen molar-refractivity contribution in [2.24, 2.45) is 0 Å². The van der Waals surface area contributed by atoms with E-state index in [-0.39, 0.29) is 66.5 Å². The quantitative estimate of drug-likeness (QED) is 0.301. The van der Waals surface area contributed by atoms with E-state index in [2.05, 4.69) is 4.90 Å². The molecule has 3 rings (SSSR count). The summed E-state index contributed by atoms with van der Waals surface area (Å²) in [6.45, 7) is 7.53. The molecule has 2 fully saturated rings. The molecule has 1 aromatic carbocycles. The summed E-state index contributed by atoms with van der Waals surface area (Å²) in [5.74, 6) is -1.29. The number of aliphatic carboxylic acids is 1. The van der Waals surface area contributed by atoms with Gasteiger partial charge in [0.15, 0.2) is 5.78 Å². The normalized spacial score (nSPS) is 17.5. The van der Waals surface area contributed by atoms with E-state index < -0.39 is 18.2 Å². The molecule has 2 aliphatic rings. The first-order chi connectivity index (χ1) is 16.0. The van der Waals surface area contributed by atoms with Crippen LogP contribution in [0.2, 0.25) is 0 Å². The smallest absolute Gasteiger partial charge is 0.546 e. The molecule has 35 heavy (non-hydrogen) atoms. The van der Waals surface area contributed by atoms with Gasteiger partial charge in [-0.1, -0.05) is 0 Å². The summed E-state index contributed by atoms with van der Waals surface area (Å²) < 4.78 is 10.4. The first kappa shape index (κ1) is 29.1. The summed E-state index contributed by atoms with van der Waals surface area (Å²) in [4.78, 5) is 53.5. The summed E-state index contributed by atoms with van der Waals surface area (Å²) in [6, 6.07) is 6.34. The van der Waals surface area contributed by atoms with Crippen LogP contribution in [-0.2, 0) is 14.3 Å². The molecule has 0 saturated carbocycles. The Bertz CT molecular complexity index is 909. The van der Waals surface area contributed by atoms with Gasteiger partial charge < -0.3 is 29.2 Å². The molecule has 2 heterocycles. The number of benzene rings is 1. The first-order valence-electron chi connectivity index (χ1n) is 11.5. The number of carboxylic acid groups (broad SMARTS) is 1. The molecule has 10 nitrogen and oxygen atoms in total. The maximum atomic E-state index is 12.7. The number of rotatable bonds is 7. The van der Waals surface area contributed by atoms with Crippen molar-refractivity contribution in [2.45, 2.75) is 45.3 Å². The molecule has 186 valence electrons. The number of likely N-dealkylation sites (tertiary alicyclic amines) is 1. The van der Waals surface area contributed by atoms with Crippen LogP contribution in [0.25, 0.3) is 0 Å². The zero-order valence-corrected chi connectivity index (χ0v) is 23.0. The summed E-state index contributed by atoms with van der Waals surface area (Å²) in [5, 5.41) is 10.5. The molecule has 0 aliphatic carbocycles. The number of Topliss-reactive ketones (excluding diaryl/α,β-unsaturated/α-hetero) is 1. The van der Waals surface area contributed by atoms with Crippen LogP contribution in [0.3, 0.4) is 0 Å². The van der Waals surface area contributed by atoms with Gasteiger partial charge in [-0.15, -0.1) is 0 Å². The van der Waals surface area contributed by atoms with Gasteiger partial charge in [-0.05, 0) is 57.9 Å². The van der Waals surface area contributed by atoms with Crippen molar-refractivity contribution in [3.05, 3.63) is 29.8 Å². The number of hydrogen-bond acceptors (Lipinski definition) is 8. The van der Waals surface area contributed by atoms with E-state index in [1.165, 1.54) is 12.1 Å². The number of ketones is 1. The van der Waals surface area contributed by atoms with E-state index in [9.17, 15) is 24.3 Å². The predicted octanol–water partition coefficient (Wildman–Crippen LogP) is -2.45. The van der Waals surface area contributed by atoms with Crippen molar-refractivity contribution in [3.8, 4) is 5.75 Å². The maximum Gasteiger partial charge on any atom is 1.00 e. The van der Waals surface area contributed by atoms with Crippen molar-refractivity contribution in [3.63, 3.8) is 0 Å². The summed E-state index contributed by atoms with van der Waals surface area (Å²) in [7, 11) is 0. The van der Waals surface area contributed by atoms with Crippen molar-refractivity contribution in [2.75, 3.05) is 45.9 Å². The molecule has 2 amide bonds. The Kier molecular flexibility index (Phi) is 10.6. The second-order valence-corrected chi connectivity index (χ2v) is 9.59. The van der Waals surface area contributed by atoms with E-state index in [1.54, 1.807) is 21.9 Å². The monoisotopic (exact) mass is 497 g/mol. The van der Waals surface area contributed by atoms with E-state index in [4.69, 9.17) is 9.47 Å². The molecule has 11 heteroatoms. The van der Waals surface area contributed by atoms with Gasteiger partial charge in [0.1, 0.15) is 18.0 Å². The van der Waals surface area contributed by atoms with Gasteiger partial charge in [0.25, 0.3) is 0 Å². The van der Waals surface area contributed by atoms with E-state index in [0.717, 1.165) is 12.8 Å². The summed E-state index contributed by atoms with van der Waals surface area (Å²) in [5.41, 5.74) is -0.104. The molecule has 1 aromatic rings. The van der Waals surface area contributed by atoms with Gasteiger partial charge in [-0.2, -0.15) is 0 Å². The van der Waals surface area contributed by atoms with Crippen LogP contribution in [-0.4, -0.2) is 96.0 Å². The predicted molar refractivity (Wildman–Crippen MR) is 120 cm³/mol. The molecule has 0 radical (unpaired) electrons.